The summed E-state index contributed by atoms with van der Waals surface area (Å²) in [5.41, 5.74) is 6.65. The first-order valence-corrected chi connectivity index (χ1v) is 9.22. The van der Waals surface area contributed by atoms with Crippen molar-refractivity contribution in [1.29, 1.82) is 0 Å². The van der Waals surface area contributed by atoms with E-state index in [0.717, 1.165) is 22.4 Å². The quantitative estimate of drug-likeness (QED) is 0.391. The zero-order chi connectivity index (χ0) is 20.1. The topological polar surface area (TPSA) is 79.4 Å². The lowest BCUT2D eigenvalue weighted by Gasteiger charge is -2.03. The second kappa shape index (κ2) is 8.39. The molecular weight excluding hydrogens is 364 g/mol. The van der Waals surface area contributed by atoms with Crippen molar-refractivity contribution in [2.45, 2.75) is 6.42 Å². The molecule has 0 bridgehead atoms. The zero-order valence-electron chi connectivity index (χ0n) is 15.9. The predicted molar refractivity (Wildman–Crippen MR) is 113 cm³/mol. The Morgan fingerprint density at radius 1 is 1.10 bits per heavy atom. The molecule has 0 spiro atoms. The number of carbonyl (C=O) groups excluding carboxylic acids is 1. The van der Waals surface area contributed by atoms with Gasteiger partial charge < -0.3 is 9.72 Å². The summed E-state index contributed by atoms with van der Waals surface area (Å²) in [5.74, 6) is 1.26. The Bertz CT molecular complexity index is 1170. The van der Waals surface area contributed by atoms with Crippen LogP contribution in [0.5, 0.6) is 5.75 Å². The van der Waals surface area contributed by atoms with Crippen LogP contribution < -0.4 is 10.2 Å². The summed E-state index contributed by atoms with van der Waals surface area (Å²) >= 11 is 0. The number of H-pyrrole nitrogens is 1. The van der Waals surface area contributed by atoms with Crippen molar-refractivity contribution in [3.05, 3.63) is 95.3 Å². The summed E-state index contributed by atoms with van der Waals surface area (Å²) in [6.45, 7) is 0. The molecule has 3 aromatic carbocycles. The number of fused-ring (bicyclic) bond motifs is 1. The van der Waals surface area contributed by atoms with Crippen LogP contribution in [0.15, 0.2) is 77.9 Å². The molecule has 0 saturated carbocycles. The Balaban J connectivity index is 1.47. The number of para-hydroxylation sites is 1. The fraction of sp³-hybridized carbons (Fsp3) is 0.0870. The summed E-state index contributed by atoms with van der Waals surface area (Å²) in [6.07, 6.45) is 2.27. The van der Waals surface area contributed by atoms with Crippen molar-refractivity contribution in [2.75, 3.05) is 7.11 Å². The second-order valence-corrected chi connectivity index (χ2v) is 6.52. The summed E-state index contributed by atoms with van der Waals surface area (Å²) in [6, 6.07) is 22.9. The Morgan fingerprint density at radius 3 is 2.72 bits per heavy atom. The van der Waals surface area contributed by atoms with Gasteiger partial charge in [-0.25, -0.2) is 10.4 Å². The molecule has 144 valence electrons. The molecule has 4 rings (SSSR count). The monoisotopic (exact) mass is 384 g/mol. The van der Waals surface area contributed by atoms with Gasteiger partial charge in [-0.15, -0.1) is 0 Å². The van der Waals surface area contributed by atoms with Gasteiger partial charge in [0.15, 0.2) is 0 Å². The number of aromatic amines is 1. The molecule has 0 unspecified atom stereocenters. The summed E-state index contributed by atoms with van der Waals surface area (Å²) in [4.78, 5) is 20.3. The molecule has 29 heavy (non-hydrogen) atoms. The van der Waals surface area contributed by atoms with E-state index in [4.69, 9.17) is 4.74 Å². The molecule has 4 aromatic rings. The molecule has 2 N–H and O–H groups in total. The van der Waals surface area contributed by atoms with Crippen LogP contribution in [0.2, 0.25) is 0 Å². The number of rotatable bonds is 6. The fourth-order valence-corrected chi connectivity index (χ4v) is 3.07. The number of carbonyl (C=O) groups is 1. The smallest absolute Gasteiger partial charge is 0.271 e. The molecular formula is C23H20N4O2. The van der Waals surface area contributed by atoms with Crippen molar-refractivity contribution in [2.24, 2.45) is 5.10 Å². The number of imidazole rings is 1. The van der Waals surface area contributed by atoms with Gasteiger partial charge in [-0.2, -0.15) is 5.10 Å². The Kier molecular flexibility index (Phi) is 5.33. The normalized spacial score (nSPS) is 11.1. The van der Waals surface area contributed by atoms with E-state index in [1.54, 1.807) is 25.5 Å². The van der Waals surface area contributed by atoms with E-state index in [0.29, 0.717) is 17.7 Å². The third-order valence-electron chi connectivity index (χ3n) is 4.52. The summed E-state index contributed by atoms with van der Waals surface area (Å²) in [7, 11) is 1.59. The van der Waals surface area contributed by atoms with Crippen LogP contribution in [0, 0.1) is 0 Å². The number of ether oxygens (including phenoxy) is 1. The largest absolute Gasteiger partial charge is 0.496 e. The van der Waals surface area contributed by atoms with Gasteiger partial charge in [-0.1, -0.05) is 42.5 Å². The van der Waals surface area contributed by atoms with Crippen molar-refractivity contribution in [3.8, 4) is 5.75 Å². The number of aromatic nitrogens is 2. The molecule has 6 heteroatoms. The van der Waals surface area contributed by atoms with Crippen LogP contribution in [0.25, 0.3) is 11.0 Å². The first-order chi connectivity index (χ1) is 14.2. The van der Waals surface area contributed by atoms with E-state index >= 15 is 0 Å². The lowest BCUT2D eigenvalue weighted by atomic mass is 10.1. The van der Waals surface area contributed by atoms with E-state index in [-0.39, 0.29) is 5.91 Å². The summed E-state index contributed by atoms with van der Waals surface area (Å²) in [5, 5.41) is 4.04. The van der Waals surface area contributed by atoms with Crippen LogP contribution in [-0.2, 0) is 6.42 Å². The third kappa shape index (κ3) is 4.32. The number of nitrogens with zero attached hydrogens (tertiary/aromatic N) is 2. The van der Waals surface area contributed by atoms with Crippen LogP contribution in [0.1, 0.15) is 27.3 Å². The van der Waals surface area contributed by atoms with Crippen LogP contribution in [0.4, 0.5) is 0 Å². The molecule has 6 nitrogen and oxygen atoms in total. The van der Waals surface area contributed by atoms with Gasteiger partial charge in [0.25, 0.3) is 5.91 Å². The molecule has 0 aliphatic heterocycles. The highest BCUT2D eigenvalue weighted by atomic mass is 16.5. The van der Waals surface area contributed by atoms with Gasteiger partial charge in [0.05, 0.1) is 24.4 Å². The number of nitrogens with one attached hydrogen (secondary N) is 2. The minimum absolute atomic E-state index is 0.294. The third-order valence-corrected chi connectivity index (χ3v) is 4.52. The lowest BCUT2D eigenvalue weighted by molar-refractivity contribution is 0.0955. The highest BCUT2D eigenvalue weighted by Crippen LogP contribution is 2.17. The predicted octanol–water partition coefficient (Wildman–Crippen LogP) is 3.93. The average Bonchev–Trinajstić information content (AvgIpc) is 3.16. The lowest BCUT2D eigenvalue weighted by Crippen LogP contribution is -2.17. The van der Waals surface area contributed by atoms with Crippen LogP contribution >= 0.6 is 0 Å². The Morgan fingerprint density at radius 2 is 1.90 bits per heavy atom. The number of hydrogen-bond donors (Lipinski definition) is 2. The van der Waals surface area contributed by atoms with Gasteiger partial charge in [0.1, 0.15) is 11.6 Å². The minimum Gasteiger partial charge on any atom is -0.496 e. The molecule has 1 heterocycles. The van der Waals surface area contributed by atoms with E-state index < -0.39 is 0 Å². The molecule has 0 aliphatic rings. The van der Waals surface area contributed by atoms with E-state index in [9.17, 15) is 4.79 Å². The highest BCUT2D eigenvalue weighted by molar-refractivity contribution is 5.98. The molecule has 1 amide bonds. The van der Waals surface area contributed by atoms with Gasteiger partial charge in [0.2, 0.25) is 0 Å². The van der Waals surface area contributed by atoms with E-state index in [1.165, 1.54) is 5.56 Å². The maximum atomic E-state index is 12.4. The standard InChI is InChI=1S/C23H20N4O2/c1-29-21-10-6-5-9-18(21)15-24-27-23(28)17-11-12-19-20(14-17)26-22(25-19)13-16-7-3-2-4-8-16/h2-12,14-15H,13H2,1H3,(H,25,26)(H,27,28)/b24-15-. The van der Waals surface area contributed by atoms with Crippen molar-refractivity contribution in [3.63, 3.8) is 0 Å². The van der Waals surface area contributed by atoms with Crippen molar-refractivity contribution in [1.82, 2.24) is 15.4 Å². The fourth-order valence-electron chi connectivity index (χ4n) is 3.07. The second-order valence-electron chi connectivity index (χ2n) is 6.52. The number of benzene rings is 3. The molecule has 0 aliphatic carbocycles. The molecule has 1 aromatic heterocycles. The summed E-state index contributed by atoms with van der Waals surface area (Å²) < 4.78 is 5.27. The average molecular weight is 384 g/mol. The first kappa shape index (κ1) is 18.4. The molecule has 0 radical (unpaired) electrons. The zero-order valence-corrected chi connectivity index (χ0v) is 15.9. The first-order valence-electron chi connectivity index (χ1n) is 9.22. The number of hydrogen-bond acceptors (Lipinski definition) is 4. The Hall–Kier alpha value is -3.93. The van der Waals surface area contributed by atoms with Gasteiger partial charge in [0, 0.05) is 17.5 Å². The number of methoxy groups -OCH3 is 1. The number of hydrazone groups is 1. The maximum Gasteiger partial charge on any atom is 0.271 e. The van der Waals surface area contributed by atoms with Crippen LogP contribution in [-0.4, -0.2) is 29.2 Å². The van der Waals surface area contributed by atoms with Gasteiger partial charge >= 0.3 is 0 Å². The van der Waals surface area contributed by atoms with Crippen LogP contribution in [0.3, 0.4) is 0 Å². The molecule has 0 atom stereocenters. The van der Waals surface area contributed by atoms with E-state index in [2.05, 4.69) is 32.6 Å². The SMILES string of the molecule is COc1ccccc1/C=N\NC(=O)c1ccc2nc(Cc3ccccc3)[nH]c2c1. The maximum absolute atomic E-state index is 12.4. The minimum atomic E-state index is -0.294. The van der Waals surface area contributed by atoms with Crippen molar-refractivity contribution < 1.29 is 9.53 Å². The van der Waals surface area contributed by atoms with Crippen molar-refractivity contribution >= 4 is 23.2 Å². The highest BCUT2D eigenvalue weighted by Gasteiger charge is 2.09. The van der Waals surface area contributed by atoms with E-state index in [1.807, 2.05) is 48.5 Å². The van der Waals surface area contributed by atoms with Gasteiger partial charge in [-0.3, -0.25) is 4.79 Å². The number of amides is 1. The molecule has 0 fully saturated rings. The van der Waals surface area contributed by atoms with Gasteiger partial charge in [-0.05, 0) is 35.9 Å². The molecule has 0 saturated heterocycles. The Labute approximate surface area is 168 Å².